The minimum absolute atomic E-state index is 0.392. The largest absolute Gasteiger partial charge is 0.384 e. The van der Waals surface area contributed by atoms with Gasteiger partial charge >= 0.3 is 0 Å². The van der Waals surface area contributed by atoms with Gasteiger partial charge in [0.1, 0.15) is 10.4 Å². The number of hydrogen-bond acceptors (Lipinski definition) is 2. The summed E-state index contributed by atoms with van der Waals surface area (Å²) in [6, 6.07) is 6.53. The molecular weight excluding hydrogens is 322 g/mol. The van der Waals surface area contributed by atoms with Crippen LogP contribution in [-0.4, -0.2) is 5.11 Å². The molecule has 90 valence electrons. The zero-order valence-corrected chi connectivity index (χ0v) is 12.1. The zero-order chi connectivity index (χ0) is 12.6. The number of benzene rings is 1. The summed E-state index contributed by atoms with van der Waals surface area (Å²) in [5.41, 5.74) is 1.10. The van der Waals surface area contributed by atoms with Crippen LogP contribution in [0.2, 0.25) is 18.7 Å². The van der Waals surface area contributed by atoms with E-state index in [2.05, 4.69) is 0 Å². The van der Waals surface area contributed by atoms with Crippen LogP contribution in [0.5, 0.6) is 0 Å². The second kappa shape index (κ2) is 5.35. The number of hydrogen-bond donors (Lipinski definition) is 1. The normalized spacial score (nSPS) is 12.8. The summed E-state index contributed by atoms with van der Waals surface area (Å²) in [6.07, 6.45) is -0.906. The highest BCUT2D eigenvalue weighted by atomic mass is 35.5. The van der Waals surface area contributed by atoms with Crippen molar-refractivity contribution in [2.24, 2.45) is 0 Å². The summed E-state index contributed by atoms with van der Waals surface area (Å²) in [7, 11) is 0. The molecule has 2 rings (SSSR count). The molecule has 6 heteroatoms. The van der Waals surface area contributed by atoms with E-state index in [9.17, 15) is 5.11 Å². The van der Waals surface area contributed by atoms with Crippen molar-refractivity contribution in [2.75, 3.05) is 0 Å². The lowest BCUT2D eigenvalue weighted by atomic mass is 10.0. The van der Waals surface area contributed by atoms with Gasteiger partial charge < -0.3 is 5.11 Å². The van der Waals surface area contributed by atoms with Gasteiger partial charge in [-0.1, -0.05) is 52.5 Å². The lowest BCUT2D eigenvalue weighted by Gasteiger charge is -2.12. The Balaban J connectivity index is 2.43. The smallest absolute Gasteiger partial charge is 0.108 e. The van der Waals surface area contributed by atoms with Gasteiger partial charge in [0.2, 0.25) is 0 Å². The van der Waals surface area contributed by atoms with Gasteiger partial charge in [0, 0.05) is 21.2 Å². The first kappa shape index (κ1) is 13.5. The molecule has 1 aromatic carbocycles. The Kier molecular flexibility index (Phi) is 4.24. The van der Waals surface area contributed by atoms with Crippen LogP contribution < -0.4 is 0 Å². The minimum atomic E-state index is -0.906. The third kappa shape index (κ3) is 2.90. The van der Waals surface area contributed by atoms with E-state index in [-0.39, 0.29) is 0 Å². The highest BCUT2D eigenvalue weighted by Gasteiger charge is 2.19. The molecule has 17 heavy (non-hydrogen) atoms. The molecular formula is C11H6Cl4OS. The maximum atomic E-state index is 10.2. The van der Waals surface area contributed by atoms with Crippen molar-refractivity contribution in [3.05, 3.63) is 54.1 Å². The Hall–Kier alpha value is 0.0400. The number of halogens is 4. The topological polar surface area (TPSA) is 20.2 Å². The molecule has 0 saturated heterocycles. The molecule has 2 aromatic rings. The molecule has 1 heterocycles. The number of aliphatic hydroxyl groups excluding tert-OH is 1. The summed E-state index contributed by atoms with van der Waals surface area (Å²) in [6.45, 7) is 0. The van der Waals surface area contributed by atoms with E-state index in [1.54, 1.807) is 24.3 Å². The number of aliphatic hydroxyl groups is 1. The molecule has 0 aliphatic heterocycles. The van der Waals surface area contributed by atoms with Gasteiger partial charge in [0.05, 0.1) is 4.34 Å². The van der Waals surface area contributed by atoms with Gasteiger partial charge in [0.15, 0.2) is 0 Å². The molecule has 0 saturated carbocycles. The third-order valence-corrected chi connectivity index (χ3v) is 4.32. The van der Waals surface area contributed by atoms with Crippen LogP contribution in [0.4, 0.5) is 0 Å². The van der Waals surface area contributed by atoms with E-state index < -0.39 is 6.10 Å². The summed E-state index contributed by atoms with van der Waals surface area (Å²) < 4.78 is 0.975. The van der Waals surface area contributed by atoms with Crippen molar-refractivity contribution in [1.29, 1.82) is 0 Å². The van der Waals surface area contributed by atoms with Crippen LogP contribution in [0.15, 0.2) is 24.3 Å². The van der Waals surface area contributed by atoms with Gasteiger partial charge in [-0.15, -0.1) is 11.3 Å². The fraction of sp³-hybridized carbons (Fsp3) is 0.0909. The SMILES string of the molecule is OC(c1ccc(Cl)cc1Cl)c1cc(Cl)sc1Cl. The molecule has 0 aliphatic rings. The van der Waals surface area contributed by atoms with Gasteiger partial charge in [-0.25, -0.2) is 0 Å². The lowest BCUT2D eigenvalue weighted by molar-refractivity contribution is 0.221. The summed E-state index contributed by atoms with van der Waals surface area (Å²) >= 11 is 24.8. The van der Waals surface area contributed by atoms with E-state index >= 15 is 0 Å². The molecule has 1 N–H and O–H groups in total. The first-order chi connectivity index (χ1) is 7.99. The van der Waals surface area contributed by atoms with Crippen molar-refractivity contribution in [1.82, 2.24) is 0 Å². The van der Waals surface area contributed by atoms with Crippen LogP contribution in [0.1, 0.15) is 17.2 Å². The first-order valence-corrected chi connectivity index (χ1v) is 6.89. The van der Waals surface area contributed by atoms with E-state index in [1.165, 1.54) is 11.3 Å². The predicted molar refractivity (Wildman–Crippen MR) is 74.9 cm³/mol. The fourth-order valence-electron chi connectivity index (χ4n) is 1.43. The van der Waals surface area contributed by atoms with Crippen molar-refractivity contribution in [3.63, 3.8) is 0 Å². The zero-order valence-electron chi connectivity index (χ0n) is 8.25. The summed E-state index contributed by atoms with van der Waals surface area (Å²) in [5, 5.41) is 11.1. The van der Waals surface area contributed by atoms with Crippen LogP contribution in [-0.2, 0) is 0 Å². The van der Waals surface area contributed by atoms with Crippen molar-refractivity contribution < 1.29 is 5.11 Å². The number of thiophene rings is 1. The van der Waals surface area contributed by atoms with Gasteiger partial charge in [-0.2, -0.15) is 0 Å². The molecule has 0 amide bonds. The Bertz CT molecular complexity index is 552. The average Bonchev–Trinajstić information content (AvgIpc) is 2.57. The van der Waals surface area contributed by atoms with E-state index in [0.29, 0.717) is 29.8 Å². The molecule has 0 spiro atoms. The molecule has 0 radical (unpaired) electrons. The molecule has 1 atom stereocenters. The van der Waals surface area contributed by atoms with E-state index in [1.807, 2.05) is 0 Å². The van der Waals surface area contributed by atoms with Gasteiger partial charge in [-0.05, 0) is 18.2 Å². The predicted octanol–water partition coefficient (Wildman–Crippen LogP) is 5.44. The van der Waals surface area contributed by atoms with Gasteiger partial charge in [-0.3, -0.25) is 0 Å². The molecule has 0 fully saturated rings. The van der Waals surface area contributed by atoms with Gasteiger partial charge in [0.25, 0.3) is 0 Å². The number of rotatable bonds is 2. The molecule has 1 unspecified atom stereocenters. The fourth-order valence-corrected chi connectivity index (χ4v) is 3.46. The molecule has 1 nitrogen and oxygen atoms in total. The Labute approximate surface area is 123 Å². The maximum Gasteiger partial charge on any atom is 0.108 e. The standard InChI is InChI=1S/C11H6Cl4OS/c12-5-1-2-6(8(13)3-5)10(16)7-4-9(14)17-11(7)15/h1-4,10,16H. The second-order valence-electron chi connectivity index (χ2n) is 3.35. The van der Waals surface area contributed by atoms with Crippen LogP contribution >= 0.6 is 57.7 Å². The Morgan fingerprint density at radius 2 is 1.71 bits per heavy atom. The van der Waals surface area contributed by atoms with E-state index in [4.69, 9.17) is 46.4 Å². The summed E-state index contributed by atoms with van der Waals surface area (Å²) in [5.74, 6) is 0. The molecule has 1 aromatic heterocycles. The third-order valence-electron chi connectivity index (χ3n) is 2.23. The van der Waals surface area contributed by atoms with Crippen LogP contribution in [0.3, 0.4) is 0 Å². The lowest BCUT2D eigenvalue weighted by Crippen LogP contribution is -1.99. The maximum absolute atomic E-state index is 10.2. The Morgan fingerprint density at radius 3 is 2.24 bits per heavy atom. The molecule has 0 aliphatic carbocycles. The first-order valence-electron chi connectivity index (χ1n) is 4.57. The molecule has 0 bridgehead atoms. The quantitative estimate of drug-likeness (QED) is 0.778. The second-order valence-corrected chi connectivity index (χ2v) is 6.48. The van der Waals surface area contributed by atoms with Crippen LogP contribution in [0, 0.1) is 0 Å². The van der Waals surface area contributed by atoms with Crippen molar-refractivity contribution >= 4 is 57.7 Å². The van der Waals surface area contributed by atoms with E-state index in [0.717, 1.165) is 0 Å². The van der Waals surface area contributed by atoms with Crippen LogP contribution in [0.25, 0.3) is 0 Å². The van der Waals surface area contributed by atoms with Crippen molar-refractivity contribution in [2.45, 2.75) is 6.10 Å². The van der Waals surface area contributed by atoms with Crippen molar-refractivity contribution in [3.8, 4) is 0 Å². The highest BCUT2D eigenvalue weighted by Crippen LogP contribution is 2.39. The Morgan fingerprint density at radius 1 is 1.00 bits per heavy atom. The summed E-state index contributed by atoms with van der Waals surface area (Å²) in [4.78, 5) is 0. The highest BCUT2D eigenvalue weighted by molar-refractivity contribution is 7.20. The monoisotopic (exact) mass is 326 g/mol. The minimum Gasteiger partial charge on any atom is -0.384 e. The average molecular weight is 328 g/mol.